The van der Waals surface area contributed by atoms with Crippen LogP contribution in [-0.2, 0) is 41.6 Å². The van der Waals surface area contributed by atoms with Crippen molar-refractivity contribution in [1.82, 2.24) is 15.0 Å². The number of carboxylic acids is 6. The van der Waals surface area contributed by atoms with Crippen LogP contribution in [0.25, 0.3) is 10.9 Å². The van der Waals surface area contributed by atoms with E-state index in [9.17, 15) is 28.8 Å². The second kappa shape index (κ2) is 39.8. The number of carboxylic acid groups (broad SMARTS) is 6. The quantitative estimate of drug-likeness (QED) is 0.0232. The molecule has 6 atom stereocenters. The average molecular weight is 993 g/mol. The number of H-pyrrole nitrogens is 2. The normalized spacial score (nSPS) is 12.5. The zero-order valence-electron chi connectivity index (χ0n) is 39.8. The number of aromatic nitrogens is 3. The molecule has 26 heteroatoms. The minimum Gasteiger partial charge on any atom is -0.480 e. The van der Waals surface area contributed by atoms with Gasteiger partial charge in [-0.1, -0.05) is 56.7 Å². The van der Waals surface area contributed by atoms with E-state index >= 15 is 0 Å². The molecule has 0 spiro atoms. The Morgan fingerprint density at radius 1 is 0.614 bits per heavy atom. The Morgan fingerprint density at radius 3 is 1.47 bits per heavy atom. The standard InChI is InChI=1S/C11H12N2O2.C6H14N4O2.C6H9N3O2.C6H14N2O2.C6H13NO2.C6H7N.C3H7NO2/c12-9(11(14)15)5-7-6-13-10-4-2-1-3-8(7)10;7-4(5(11)12)2-1-3-10-6(8)9;7-5(6(10)11)1-4-2-8-3-9-4;7-4-2-1-3-5(8)6(9)10;1-4(2)3-5(7)6(8)9;7-6-4-2-1-3-5-6;1-2(4)3(5)6/h1-4,6,9,13H,5,12H2,(H,14,15);4H,1-3,7H2,(H,11,12)(H4,8,9,10);2-3,5H,1,7H2,(H,8,9)(H,10,11);5H,1-4,7-8H2,(H,9,10);4-5H,3,7H2,1-2H3,(H,8,9);1-5H,7H2;2H,4H2,1H3,(H,5,6). The molecule has 6 unspecified atom stereocenters. The van der Waals surface area contributed by atoms with Crippen LogP contribution >= 0.6 is 0 Å². The molecule has 2 aromatic carbocycles. The monoisotopic (exact) mass is 993 g/mol. The summed E-state index contributed by atoms with van der Waals surface area (Å²) < 4.78 is 0. The predicted molar refractivity (Wildman–Crippen MR) is 267 cm³/mol. The van der Waals surface area contributed by atoms with E-state index < -0.39 is 72.1 Å². The summed E-state index contributed by atoms with van der Waals surface area (Å²) in [5, 5.41) is 51.1. The molecule has 4 rings (SSSR count). The van der Waals surface area contributed by atoms with Crippen molar-refractivity contribution in [2.24, 2.45) is 62.5 Å². The van der Waals surface area contributed by atoms with Crippen LogP contribution in [-0.4, -0.2) is 137 Å². The largest absolute Gasteiger partial charge is 0.480 e. The van der Waals surface area contributed by atoms with E-state index in [1.54, 1.807) is 6.20 Å². The fraction of sp³-hybridized carbons (Fsp3) is 0.455. The first-order valence-corrected chi connectivity index (χ1v) is 21.7. The van der Waals surface area contributed by atoms with Gasteiger partial charge in [-0.3, -0.25) is 33.8 Å². The second-order valence-corrected chi connectivity index (χ2v) is 15.5. The number of nitrogens with two attached hydrogens (primary N) is 10. The fourth-order valence-corrected chi connectivity index (χ4v) is 4.68. The van der Waals surface area contributed by atoms with Gasteiger partial charge in [-0.15, -0.1) is 0 Å². The highest BCUT2D eigenvalue weighted by molar-refractivity contribution is 5.84. The number of rotatable bonds is 20. The lowest BCUT2D eigenvalue weighted by atomic mass is 10.1. The highest BCUT2D eigenvalue weighted by Gasteiger charge is 2.15. The molecule has 0 saturated carbocycles. The van der Waals surface area contributed by atoms with Gasteiger partial charge in [-0.25, -0.2) is 4.98 Å². The molecule has 70 heavy (non-hydrogen) atoms. The van der Waals surface area contributed by atoms with Gasteiger partial charge in [-0.05, 0) is 75.3 Å². The summed E-state index contributed by atoms with van der Waals surface area (Å²) in [6, 6.07) is 12.6. The van der Waals surface area contributed by atoms with Crippen LogP contribution in [0.1, 0.15) is 70.6 Å². The van der Waals surface area contributed by atoms with Gasteiger partial charge in [0.1, 0.15) is 36.3 Å². The molecule has 0 saturated heterocycles. The Labute approximate surface area is 406 Å². The van der Waals surface area contributed by atoms with Crippen LogP contribution in [0.4, 0.5) is 5.69 Å². The molecule has 26 nitrogen and oxygen atoms in total. The van der Waals surface area contributed by atoms with Gasteiger partial charge in [-0.2, -0.15) is 0 Å². The number of aliphatic carboxylic acids is 6. The van der Waals surface area contributed by atoms with Crippen molar-refractivity contribution in [3.63, 3.8) is 0 Å². The van der Waals surface area contributed by atoms with Crippen molar-refractivity contribution >= 4 is 58.4 Å². The van der Waals surface area contributed by atoms with Gasteiger partial charge >= 0.3 is 35.8 Å². The molecule has 4 aromatic rings. The number of aliphatic imine (C=N–C) groups is 1. The van der Waals surface area contributed by atoms with Crippen LogP contribution in [0.3, 0.4) is 0 Å². The van der Waals surface area contributed by atoms with Gasteiger partial charge < -0.3 is 97.9 Å². The first-order chi connectivity index (χ1) is 32.7. The minimum atomic E-state index is -1.00. The number of hydrogen-bond donors (Lipinski definition) is 18. The lowest BCUT2D eigenvalue weighted by Crippen LogP contribution is -2.32. The summed E-state index contributed by atoms with van der Waals surface area (Å²) >= 11 is 0. The van der Waals surface area contributed by atoms with E-state index in [1.807, 2.05) is 74.6 Å². The van der Waals surface area contributed by atoms with Crippen LogP contribution < -0.4 is 57.3 Å². The molecule has 394 valence electrons. The van der Waals surface area contributed by atoms with E-state index in [4.69, 9.17) is 88.0 Å². The molecular weight excluding hydrogens is 917 g/mol. The van der Waals surface area contributed by atoms with E-state index in [1.165, 1.54) is 13.3 Å². The number of aromatic amines is 2. The first kappa shape index (κ1) is 67.1. The van der Waals surface area contributed by atoms with Crippen LogP contribution in [0.5, 0.6) is 0 Å². The number of guanidine groups is 1. The number of imidazole rings is 1. The van der Waals surface area contributed by atoms with Crippen molar-refractivity contribution in [3.8, 4) is 0 Å². The van der Waals surface area contributed by atoms with Crippen molar-refractivity contribution in [2.45, 2.75) is 108 Å². The molecule has 28 N–H and O–H groups in total. The Morgan fingerprint density at radius 2 is 1.09 bits per heavy atom. The number of unbranched alkanes of at least 4 members (excludes halogenated alkanes) is 1. The summed E-state index contributed by atoms with van der Waals surface area (Å²) in [6.07, 6.45) is 9.17. The summed E-state index contributed by atoms with van der Waals surface area (Å²) in [4.78, 5) is 74.2. The third-order valence-corrected chi connectivity index (χ3v) is 8.55. The minimum absolute atomic E-state index is 0.0129. The van der Waals surface area contributed by atoms with Gasteiger partial charge in [0.2, 0.25) is 0 Å². The number of carbonyl (C=O) groups is 6. The summed E-state index contributed by atoms with van der Waals surface area (Å²) in [5.74, 6) is -5.41. The number of hydrogen-bond acceptors (Lipinski definition) is 16. The topological polar surface area (TPSA) is 541 Å². The SMILES string of the molecule is CC(C)CC(N)C(=O)O.CC(N)C(=O)O.NC(Cc1c[nH]c2ccccc12)C(=O)O.NC(Cc1cnc[nH]1)C(=O)O.NC(N)=NCCCC(N)C(=O)O.NCCCCC(N)C(=O)O.Nc1ccccc1. The van der Waals surface area contributed by atoms with Crippen molar-refractivity contribution < 1.29 is 59.4 Å². The number of benzene rings is 2. The smallest absolute Gasteiger partial charge is 0.320 e. The van der Waals surface area contributed by atoms with E-state index in [0.717, 1.165) is 40.7 Å². The maximum atomic E-state index is 10.6. The molecule has 0 aliphatic rings. The Bertz CT molecular complexity index is 2070. The first-order valence-electron chi connectivity index (χ1n) is 21.7. The van der Waals surface area contributed by atoms with Gasteiger partial charge in [0.05, 0.1) is 6.33 Å². The molecule has 2 aromatic heterocycles. The molecule has 0 bridgehead atoms. The second-order valence-electron chi connectivity index (χ2n) is 15.5. The number of para-hydroxylation sites is 2. The zero-order valence-corrected chi connectivity index (χ0v) is 39.8. The fourth-order valence-electron chi connectivity index (χ4n) is 4.68. The van der Waals surface area contributed by atoms with E-state index in [0.29, 0.717) is 51.1 Å². The van der Waals surface area contributed by atoms with Gasteiger partial charge in [0.15, 0.2) is 5.96 Å². The Kier molecular flexibility index (Phi) is 38.1. The van der Waals surface area contributed by atoms with Gasteiger partial charge in [0, 0.05) is 54.1 Å². The number of nitrogens with zero attached hydrogens (tertiary/aromatic N) is 2. The molecular formula is C44H76N14O12. The maximum Gasteiger partial charge on any atom is 0.320 e. The molecule has 0 fully saturated rings. The Balaban J connectivity index is -0.000000762. The number of anilines is 1. The molecule has 0 amide bonds. The molecule has 0 radical (unpaired) electrons. The third kappa shape index (κ3) is 37.8. The zero-order chi connectivity index (χ0) is 54.4. The predicted octanol–water partition coefficient (Wildman–Crippen LogP) is -0.403. The lowest BCUT2D eigenvalue weighted by Gasteiger charge is -2.07. The summed E-state index contributed by atoms with van der Waals surface area (Å²) in [5.41, 5.74) is 55.4. The van der Waals surface area contributed by atoms with Gasteiger partial charge in [0.25, 0.3) is 0 Å². The molecule has 2 heterocycles. The van der Waals surface area contributed by atoms with Crippen LogP contribution in [0, 0.1) is 5.92 Å². The van der Waals surface area contributed by atoms with Crippen molar-refractivity contribution in [1.29, 1.82) is 0 Å². The number of fused-ring (bicyclic) bond motifs is 1. The molecule has 0 aliphatic carbocycles. The highest BCUT2D eigenvalue weighted by atomic mass is 16.4. The lowest BCUT2D eigenvalue weighted by molar-refractivity contribution is -0.139. The molecule has 0 aliphatic heterocycles. The summed E-state index contributed by atoms with van der Waals surface area (Å²) in [7, 11) is 0. The summed E-state index contributed by atoms with van der Waals surface area (Å²) in [6.45, 7) is 6.34. The average Bonchev–Trinajstić information content (AvgIpc) is 3.96. The number of nitrogen functional groups attached to an aromatic ring is 1. The Hall–Kier alpha value is -7.20. The van der Waals surface area contributed by atoms with Crippen LogP contribution in [0.15, 0.2) is 78.3 Å². The highest BCUT2D eigenvalue weighted by Crippen LogP contribution is 2.18. The van der Waals surface area contributed by atoms with Crippen molar-refractivity contribution in [2.75, 3.05) is 18.8 Å². The van der Waals surface area contributed by atoms with Crippen molar-refractivity contribution in [3.05, 3.63) is 84.6 Å². The van der Waals surface area contributed by atoms with E-state index in [-0.39, 0.29) is 12.4 Å². The third-order valence-electron chi connectivity index (χ3n) is 8.55. The number of nitrogens with one attached hydrogen (secondary N) is 2. The van der Waals surface area contributed by atoms with E-state index in [2.05, 4.69) is 19.9 Å². The van der Waals surface area contributed by atoms with Crippen LogP contribution in [0.2, 0.25) is 0 Å². The maximum absolute atomic E-state index is 10.6.